The Morgan fingerprint density at radius 2 is 1.97 bits per heavy atom. The second-order valence-electron chi connectivity index (χ2n) is 5.87. The molecule has 10 heteroatoms. The van der Waals surface area contributed by atoms with E-state index in [4.69, 9.17) is 10.6 Å². The van der Waals surface area contributed by atoms with Gasteiger partial charge in [0.05, 0.1) is 18.6 Å². The number of nitrogens with zero attached hydrogens (tertiary/aromatic N) is 4. The van der Waals surface area contributed by atoms with Gasteiger partial charge >= 0.3 is 0 Å². The summed E-state index contributed by atoms with van der Waals surface area (Å²) in [5.74, 6) is 6.69. The van der Waals surface area contributed by atoms with E-state index in [0.717, 1.165) is 17.3 Å². The lowest BCUT2D eigenvalue weighted by atomic mass is 10.2. The molecular weight excluding hydrogens is 402 g/mol. The van der Waals surface area contributed by atoms with E-state index >= 15 is 0 Å². The van der Waals surface area contributed by atoms with Gasteiger partial charge in [0, 0.05) is 6.21 Å². The van der Waals surface area contributed by atoms with Crippen molar-refractivity contribution >= 4 is 41.6 Å². The second-order valence-corrected chi connectivity index (χ2v) is 6.82. The number of allylic oxidation sites excluding steroid dienone is 1. The van der Waals surface area contributed by atoms with E-state index in [1.54, 1.807) is 31.5 Å². The molecule has 2 aromatic carbocycles. The molecule has 0 saturated heterocycles. The second kappa shape index (κ2) is 10.7. The number of hydrogen-bond acceptors (Lipinski definition) is 8. The zero-order valence-corrected chi connectivity index (χ0v) is 17.0. The molecule has 30 heavy (non-hydrogen) atoms. The molecule has 0 aliphatic rings. The third kappa shape index (κ3) is 5.85. The first-order chi connectivity index (χ1) is 14.7. The molecule has 3 aromatic rings. The summed E-state index contributed by atoms with van der Waals surface area (Å²) in [6.45, 7) is 0. The normalized spacial score (nSPS) is 11.1. The minimum atomic E-state index is -0.217. The summed E-state index contributed by atoms with van der Waals surface area (Å²) < 4.78 is 6.45. The van der Waals surface area contributed by atoms with Gasteiger partial charge in [0.15, 0.2) is 0 Å². The molecule has 0 unspecified atom stereocenters. The van der Waals surface area contributed by atoms with Crippen LogP contribution in [0.1, 0.15) is 5.56 Å². The van der Waals surface area contributed by atoms with Crippen molar-refractivity contribution in [2.75, 3.05) is 29.4 Å². The van der Waals surface area contributed by atoms with Gasteiger partial charge in [-0.2, -0.15) is 5.10 Å². The Balaban J connectivity index is 1.49. The fourth-order valence-electron chi connectivity index (χ4n) is 2.37. The molecule has 0 saturated carbocycles. The Kier molecular flexibility index (Phi) is 7.45. The van der Waals surface area contributed by atoms with Crippen LogP contribution in [-0.2, 0) is 4.79 Å². The SMILES string of the molecule is COc1ccccc1NC(=O)CSc1nnc(N/N=C/C=C/c2ccccc2)n1N. The van der Waals surface area contributed by atoms with Crippen molar-refractivity contribution in [3.63, 3.8) is 0 Å². The first-order valence-corrected chi connectivity index (χ1v) is 9.93. The van der Waals surface area contributed by atoms with Gasteiger partial charge in [0.25, 0.3) is 5.95 Å². The topological polar surface area (TPSA) is 119 Å². The van der Waals surface area contributed by atoms with Crippen LogP contribution in [0.2, 0.25) is 0 Å². The Labute approximate surface area is 178 Å². The van der Waals surface area contributed by atoms with Gasteiger partial charge in [-0.25, -0.2) is 10.1 Å². The largest absolute Gasteiger partial charge is 0.495 e. The summed E-state index contributed by atoms with van der Waals surface area (Å²) in [7, 11) is 1.55. The fraction of sp³-hybridized carbons (Fsp3) is 0.100. The van der Waals surface area contributed by atoms with Gasteiger partial charge < -0.3 is 15.9 Å². The van der Waals surface area contributed by atoms with Gasteiger partial charge in [-0.05, 0) is 23.8 Å². The molecule has 0 radical (unpaired) electrons. The van der Waals surface area contributed by atoms with Gasteiger partial charge in [0.2, 0.25) is 11.1 Å². The number of amides is 1. The van der Waals surface area contributed by atoms with E-state index in [0.29, 0.717) is 16.6 Å². The van der Waals surface area contributed by atoms with Crippen LogP contribution in [0, 0.1) is 0 Å². The van der Waals surface area contributed by atoms with Crippen LogP contribution < -0.4 is 21.3 Å². The van der Waals surface area contributed by atoms with Crippen LogP contribution in [-0.4, -0.2) is 39.9 Å². The van der Waals surface area contributed by atoms with Crippen LogP contribution in [0.4, 0.5) is 11.6 Å². The van der Waals surface area contributed by atoms with Crippen molar-refractivity contribution in [2.45, 2.75) is 5.16 Å². The number of carbonyl (C=O) groups excluding carboxylic acids is 1. The number of benzene rings is 2. The van der Waals surface area contributed by atoms with Crippen LogP contribution in [0.5, 0.6) is 5.75 Å². The Morgan fingerprint density at radius 1 is 1.20 bits per heavy atom. The van der Waals surface area contributed by atoms with Gasteiger partial charge in [0.1, 0.15) is 5.75 Å². The molecule has 0 fully saturated rings. The molecule has 0 aliphatic heterocycles. The Morgan fingerprint density at radius 3 is 2.77 bits per heavy atom. The van der Waals surface area contributed by atoms with Crippen molar-refractivity contribution in [2.24, 2.45) is 5.10 Å². The summed E-state index contributed by atoms with van der Waals surface area (Å²) in [4.78, 5) is 12.2. The number of ether oxygens (including phenoxy) is 1. The predicted octanol–water partition coefficient (Wildman–Crippen LogP) is 2.84. The van der Waals surface area contributed by atoms with Crippen molar-refractivity contribution in [1.29, 1.82) is 0 Å². The number of rotatable bonds is 9. The highest BCUT2D eigenvalue weighted by atomic mass is 32.2. The minimum absolute atomic E-state index is 0.108. The van der Waals surface area contributed by atoms with E-state index in [2.05, 4.69) is 26.0 Å². The lowest BCUT2D eigenvalue weighted by Crippen LogP contribution is -2.17. The number of carbonyl (C=O) groups is 1. The molecule has 154 valence electrons. The van der Waals surface area contributed by atoms with Gasteiger partial charge in [-0.1, -0.05) is 60.3 Å². The van der Waals surface area contributed by atoms with Crippen molar-refractivity contribution in [1.82, 2.24) is 14.9 Å². The zero-order valence-electron chi connectivity index (χ0n) is 16.2. The maximum Gasteiger partial charge on any atom is 0.264 e. The van der Waals surface area contributed by atoms with Crippen LogP contribution >= 0.6 is 11.8 Å². The zero-order chi connectivity index (χ0) is 21.2. The third-order valence-corrected chi connectivity index (χ3v) is 4.73. The third-order valence-electron chi connectivity index (χ3n) is 3.79. The summed E-state index contributed by atoms with van der Waals surface area (Å²) >= 11 is 1.16. The highest BCUT2D eigenvalue weighted by Crippen LogP contribution is 2.24. The van der Waals surface area contributed by atoms with E-state index in [-0.39, 0.29) is 17.6 Å². The maximum absolute atomic E-state index is 12.2. The predicted molar refractivity (Wildman–Crippen MR) is 120 cm³/mol. The molecule has 0 atom stereocenters. The van der Waals surface area contributed by atoms with E-state index in [1.807, 2.05) is 48.5 Å². The molecule has 3 rings (SSSR count). The van der Waals surface area contributed by atoms with Crippen molar-refractivity contribution < 1.29 is 9.53 Å². The highest BCUT2D eigenvalue weighted by molar-refractivity contribution is 7.99. The standard InChI is InChI=1S/C20H21N7O2S/c1-29-17-12-6-5-11-16(17)23-18(28)14-30-20-26-25-19(27(20)21)24-22-13-7-10-15-8-3-2-4-9-15/h2-13H,14,21H2,1H3,(H,23,28)(H,24,25)/b10-7+,22-13+. The molecule has 4 N–H and O–H groups in total. The molecule has 0 bridgehead atoms. The molecule has 1 amide bonds. The number of para-hydroxylation sites is 2. The number of anilines is 2. The number of nitrogens with one attached hydrogen (secondary N) is 2. The molecule has 1 heterocycles. The number of nitrogen functional groups attached to an aromatic ring is 1. The van der Waals surface area contributed by atoms with Crippen LogP contribution in [0.3, 0.4) is 0 Å². The lowest BCUT2D eigenvalue weighted by molar-refractivity contribution is -0.113. The number of aromatic nitrogens is 3. The number of hydrazone groups is 1. The summed E-state index contributed by atoms with van der Waals surface area (Å²) in [5, 5.41) is 15.1. The molecular formula is C20H21N7O2S. The quantitative estimate of drug-likeness (QED) is 0.209. The number of thioether (sulfide) groups is 1. The number of nitrogens with two attached hydrogens (primary N) is 1. The number of methoxy groups -OCH3 is 1. The first-order valence-electron chi connectivity index (χ1n) is 8.94. The Hall–Kier alpha value is -3.79. The minimum Gasteiger partial charge on any atom is -0.495 e. The lowest BCUT2D eigenvalue weighted by Gasteiger charge is -2.09. The van der Waals surface area contributed by atoms with Crippen LogP contribution in [0.15, 0.2) is 70.9 Å². The first kappa shape index (κ1) is 20.9. The molecule has 0 spiro atoms. The smallest absolute Gasteiger partial charge is 0.264 e. The van der Waals surface area contributed by atoms with Crippen LogP contribution in [0.25, 0.3) is 6.08 Å². The molecule has 0 aliphatic carbocycles. The molecule has 9 nitrogen and oxygen atoms in total. The van der Waals surface area contributed by atoms with E-state index < -0.39 is 0 Å². The van der Waals surface area contributed by atoms with Crippen molar-refractivity contribution in [3.05, 3.63) is 66.2 Å². The van der Waals surface area contributed by atoms with Gasteiger partial charge in [-0.15, -0.1) is 10.2 Å². The van der Waals surface area contributed by atoms with Crippen molar-refractivity contribution in [3.8, 4) is 5.75 Å². The highest BCUT2D eigenvalue weighted by Gasteiger charge is 2.13. The number of hydrogen-bond donors (Lipinski definition) is 3. The maximum atomic E-state index is 12.2. The monoisotopic (exact) mass is 423 g/mol. The Bertz CT molecular complexity index is 1030. The van der Waals surface area contributed by atoms with E-state index in [9.17, 15) is 4.79 Å². The summed E-state index contributed by atoms with van der Waals surface area (Å²) in [6.07, 6.45) is 5.28. The fourth-order valence-corrected chi connectivity index (χ4v) is 3.03. The van der Waals surface area contributed by atoms with E-state index in [1.165, 1.54) is 4.68 Å². The molecule has 1 aromatic heterocycles. The van der Waals surface area contributed by atoms with Gasteiger partial charge in [-0.3, -0.25) is 4.79 Å². The summed E-state index contributed by atoms with van der Waals surface area (Å²) in [5.41, 5.74) is 4.38. The average molecular weight is 424 g/mol. The average Bonchev–Trinajstić information content (AvgIpc) is 3.12. The summed E-state index contributed by atoms with van der Waals surface area (Å²) in [6, 6.07) is 17.0.